The SMILES string of the molecule is CN1C(=O)COc2cnncc21. The van der Waals surface area contributed by atoms with Crippen LogP contribution >= 0.6 is 0 Å². The van der Waals surface area contributed by atoms with Gasteiger partial charge in [-0.1, -0.05) is 0 Å². The second-order valence-corrected chi connectivity index (χ2v) is 2.48. The Kier molecular flexibility index (Phi) is 1.43. The van der Waals surface area contributed by atoms with E-state index in [2.05, 4.69) is 10.2 Å². The van der Waals surface area contributed by atoms with Crippen molar-refractivity contribution in [2.75, 3.05) is 18.6 Å². The molecule has 0 unspecified atom stereocenters. The number of rotatable bonds is 0. The summed E-state index contributed by atoms with van der Waals surface area (Å²) in [6, 6.07) is 0. The predicted octanol–water partition coefficient (Wildman–Crippen LogP) is -0.168. The Morgan fingerprint density at radius 2 is 2.25 bits per heavy atom. The molecule has 1 aromatic rings. The number of amides is 1. The van der Waals surface area contributed by atoms with Crippen molar-refractivity contribution >= 4 is 11.6 Å². The monoisotopic (exact) mass is 165 g/mol. The summed E-state index contributed by atoms with van der Waals surface area (Å²) in [5, 5.41) is 7.30. The van der Waals surface area contributed by atoms with Gasteiger partial charge in [0.05, 0.1) is 12.4 Å². The van der Waals surface area contributed by atoms with E-state index in [4.69, 9.17) is 4.74 Å². The van der Waals surface area contributed by atoms with Crippen LogP contribution in [-0.2, 0) is 4.79 Å². The average Bonchev–Trinajstić information content (AvgIpc) is 2.12. The summed E-state index contributed by atoms with van der Waals surface area (Å²) >= 11 is 0. The zero-order valence-corrected chi connectivity index (χ0v) is 6.52. The van der Waals surface area contributed by atoms with Crippen molar-refractivity contribution in [1.82, 2.24) is 10.2 Å². The van der Waals surface area contributed by atoms with Gasteiger partial charge in [-0.05, 0) is 0 Å². The van der Waals surface area contributed by atoms with Crippen LogP contribution in [0.3, 0.4) is 0 Å². The largest absolute Gasteiger partial charge is 0.480 e. The fourth-order valence-electron chi connectivity index (χ4n) is 1.04. The second kappa shape index (κ2) is 2.44. The van der Waals surface area contributed by atoms with Gasteiger partial charge in [-0.2, -0.15) is 10.2 Å². The minimum Gasteiger partial charge on any atom is -0.480 e. The first-order valence-corrected chi connectivity index (χ1v) is 3.49. The fraction of sp³-hybridized carbons (Fsp3) is 0.286. The topological polar surface area (TPSA) is 55.3 Å². The summed E-state index contributed by atoms with van der Waals surface area (Å²) in [5.41, 5.74) is 0.668. The Balaban J connectivity index is 2.48. The van der Waals surface area contributed by atoms with Crippen LogP contribution in [-0.4, -0.2) is 29.8 Å². The van der Waals surface area contributed by atoms with Crippen molar-refractivity contribution in [1.29, 1.82) is 0 Å². The maximum Gasteiger partial charge on any atom is 0.264 e. The molecule has 0 spiro atoms. The summed E-state index contributed by atoms with van der Waals surface area (Å²) in [6.07, 6.45) is 3.00. The highest BCUT2D eigenvalue weighted by Gasteiger charge is 2.21. The third kappa shape index (κ3) is 0.903. The molecule has 1 amide bonds. The van der Waals surface area contributed by atoms with Crippen LogP contribution in [0.5, 0.6) is 5.75 Å². The van der Waals surface area contributed by atoms with Gasteiger partial charge in [0, 0.05) is 7.05 Å². The molecule has 62 valence electrons. The molecule has 0 aliphatic carbocycles. The highest BCUT2D eigenvalue weighted by atomic mass is 16.5. The van der Waals surface area contributed by atoms with Crippen LogP contribution in [0.1, 0.15) is 0 Å². The molecule has 0 atom stereocenters. The first-order valence-electron chi connectivity index (χ1n) is 3.49. The molecule has 2 heterocycles. The molecule has 0 radical (unpaired) electrons. The number of carbonyl (C=O) groups excluding carboxylic acids is 1. The lowest BCUT2D eigenvalue weighted by Crippen LogP contribution is -2.35. The summed E-state index contributed by atoms with van der Waals surface area (Å²) in [7, 11) is 1.69. The van der Waals surface area contributed by atoms with E-state index < -0.39 is 0 Å². The first-order chi connectivity index (χ1) is 5.79. The Bertz CT molecular complexity index is 326. The lowest BCUT2D eigenvalue weighted by molar-refractivity contribution is -0.121. The number of likely N-dealkylation sites (N-methyl/N-ethyl adjacent to an activating group) is 1. The van der Waals surface area contributed by atoms with Crippen molar-refractivity contribution in [3.05, 3.63) is 12.4 Å². The van der Waals surface area contributed by atoms with E-state index in [0.717, 1.165) is 0 Å². The molecule has 0 fully saturated rings. The van der Waals surface area contributed by atoms with Gasteiger partial charge in [0.2, 0.25) is 0 Å². The second-order valence-electron chi connectivity index (χ2n) is 2.48. The van der Waals surface area contributed by atoms with Crippen LogP contribution in [0.4, 0.5) is 5.69 Å². The summed E-state index contributed by atoms with van der Waals surface area (Å²) < 4.78 is 5.11. The minimum atomic E-state index is -0.0736. The van der Waals surface area contributed by atoms with Gasteiger partial charge in [-0.15, -0.1) is 0 Å². The number of anilines is 1. The molecule has 0 aromatic carbocycles. The summed E-state index contributed by atoms with van der Waals surface area (Å²) in [4.78, 5) is 12.6. The van der Waals surface area contributed by atoms with Crippen molar-refractivity contribution in [3.8, 4) is 5.75 Å². The van der Waals surface area contributed by atoms with Crippen molar-refractivity contribution < 1.29 is 9.53 Å². The van der Waals surface area contributed by atoms with Crippen LogP contribution in [0, 0.1) is 0 Å². The Hall–Kier alpha value is -1.65. The number of aromatic nitrogens is 2. The lowest BCUT2D eigenvalue weighted by Gasteiger charge is -2.24. The number of fused-ring (bicyclic) bond motifs is 1. The molecular weight excluding hydrogens is 158 g/mol. The molecule has 2 rings (SSSR count). The van der Waals surface area contributed by atoms with Crippen LogP contribution in [0.15, 0.2) is 12.4 Å². The van der Waals surface area contributed by atoms with Gasteiger partial charge in [0.15, 0.2) is 12.4 Å². The number of carbonyl (C=O) groups is 1. The zero-order chi connectivity index (χ0) is 8.55. The molecule has 1 aromatic heterocycles. The molecular formula is C7H7N3O2. The smallest absolute Gasteiger partial charge is 0.264 e. The molecule has 0 saturated carbocycles. The molecule has 12 heavy (non-hydrogen) atoms. The third-order valence-corrected chi connectivity index (χ3v) is 1.76. The number of hydrogen-bond donors (Lipinski definition) is 0. The normalized spacial score (nSPS) is 15.4. The first kappa shape index (κ1) is 7.02. The molecule has 0 bridgehead atoms. The molecule has 0 N–H and O–H groups in total. The lowest BCUT2D eigenvalue weighted by atomic mass is 10.3. The van der Waals surface area contributed by atoms with Gasteiger partial charge >= 0.3 is 0 Å². The highest BCUT2D eigenvalue weighted by molar-refractivity contribution is 5.96. The average molecular weight is 165 g/mol. The Morgan fingerprint density at radius 3 is 3.08 bits per heavy atom. The number of hydrogen-bond acceptors (Lipinski definition) is 4. The van der Waals surface area contributed by atoms with Crippen molar-refractivity contribution in [2.45, 2.75) is 0 Å². The number of nitrogens with zero attached hydrogens (tertiary/aromatic N) is 3. The van der Waals surface area contributed by atoms with E-state index in [0.29, 0.717) is 11.4 Å². The van der Waals surface area contributed by atoms with E-state index in [1.54, 1.807) is 7.05 Å². The van der Waals surface area contributed by atoms with Crippen LogP contribution in [0.25, 0.3) is 0 Å². The molecule has 1 aliphatic rings. The van der Waals surface area contributed by atoms with E-state index in [1.165, 1.54) is 17.3 Å². The van der Waals surface area contributed by atoms with E-state index in [9.17, 15) is 4.79 Å². The van der Waals surface area contributed by atoms with Crippen molar-refractivity contribution in [2.24, 2.45) is 0 Å². The zero-order valence-electron chi connectivity index (χ0n) is 6.52. The maximum atomic E-state index is 11.1. The number of ether oxygens (including phenoxy) is 1. The Morgan fingerprint density at radius 1 is 1.50 bits per heavy atom. The van der Waals surface area contributed by atoms with Crippen LogP contribution in [0.2, 0.25) is 0 Å². The molecule has 5 nitrogen and oxygen atoms in total. The van der Waals surface area contributed by atoms with Gasteiger partial charge in [0.1, 0.15) is 5.69 Å². The van der Waals surface area contributed by atoms with E-state index in [-0.39, 0.29) is 12.5 Å². The van der Waals surface area contributed by atoms with Crippen LogP contribution < -0.4 is 9.64 Å². The summed E-state index contributed by atoms with van der Waals surface area (Å²) in [5.74, 6) is 0.530. The Labute approximate surface area is 69.0 Å². The maximum absolute atomic E-state index is 11.1. The predicted molar refractivity (Wildman–Crippen MR) is 40.9 cm³/mol. The summed E-state index contributed by atoms with van der Waals surface area (Å²) in [6.45, 7) is 0.0786. The van der Waals surface area contributed by atoms with Gasteiger partial charge in [-0.3, -0.25) is 4.79 Å². The van der Waals surface area contributed by atoms with Gasteiger partial charge < -0.3 is 9.64 Å². The quantitative estimate of drug-likeness (QED) is 0.535. The van der Waals surface area contributed by atoms with Gasteiger partial charge in [-0.25, -0.2) is 0 Å². The fourth-order valence-corrected chi connectivity index (χ4v) is 1.04. The van der Waals surface area contributed by atoms with Gasteiger partial charge in [0.25, 0.3) is 5.91 Å². The molecule has 1 aliphatic heterocycles. The minimum absolute atomic E-state index is 0.0736. The molecule has 0 saturated heterocycles. The van der Waals surface area contributed by atoms with E-state index >= 15 is 0 Å². The highest BCUT2D eigenvalue weighted by Crippen LogP contribution is 2.27. The van der Waals surface area contributed by atoms with E-state index in [1.807, 2.05) is 0 Å². The standard InChI is InChI=1S/C7H7N3O2/c1-10-5-2-8-9-3-6(5)12-4-7(10)11/h2-3H,4H2,1H3. The van der Waals surface area contributed by atoms with Crippen molar-refractivity contribution in [3.63, 3.8) is 0 Å². The molecule has 5 heteroatoms. The third-order valence-electron chi connectivity index (χ3n) is 1.76.